The number of benzene rings is 2. The normalized spacial score (nSPS) is 11.6. The molecule has 5 nitrogen and oxygen atoms in total. The molecule has 0 bridgehead atoms. The van der Waals surface area contributed by atoms with Gasteiger partial charge in [0.15, 0.2) is 30.2 Å². The third kappa shape index (κ3) is 4.98. The van der Waals surface area contributed by atoms with Crippen molar-refractivity contribution in [2.45, 2.75) is 20.0 Å². The van der Waals surface area contributed by atoms with E-state index in [1.807, 2.05) is 18.3 Å². The number of ether oxygens (including phenoxy) is 2. The van der Waals surface area contributed by atoms with Gasteiger partial charge < -0.3 is 14.8 Å². The van der Waals surface area contributed by atoms with Crippen LogP contribution in [0.4, 0.5) is 18.9 Å². The van der Waals surface area contributed by atoms with Gasteiger partial charge in [0.1, 0.15) is 5.75 Å². The van der Waals surface area contributed by atoms with Crippen molar-refractivity contribution < 1.29 is 32.2 Å². The summed E-state index contributed by atoms with van der Waals surface area (Å²) in [5.41, 5.74) is 0.380. The van der Waals surface area contributed by atoms with E-state index in [1.165, 1.54) is 6.92 Å². The number of aryl methyl sites for hydroxylation is 1. The van der Waals surface area contributed by atoms with Crippen LogP contribution in [-0.2, 0) is 14.3 Å². The Labute approximate surface area is 147 Å². The van der Waals surface area contributed by atoms with E-state index in [0.717, 1.165) is 11.6 Å². The molecule has 0 aromatic heterocycles. The van der Waals surface area contributed by atoms with E-state index in [1.54, 1.807) is 18.2 Å². The van der Waals surface area contributed by atoms with E-state index < -0.39 is 47.7 Å². The molecule has 0 radical (unpaired) electrons. The Balaban J connectivity index is 1.88. The molecule has 0 heterocycles. The van der Waals surface area contributed by atoms with E-state index in [-0.39, 0.29) is 0 Å². The van der Waals surface area contributed by atoms with Gasteiger partial charge in [-0.1, -0.05) is 12.1 Å². The minimum atomic E-state index is -1.71. The summed E-state index contributed by atoms with van der Waals surface area (Å²) in [7, 11) is 0. The number of rotatable bonds is 6. The molecule has 1 amide bonds. The first kappa shape index (κ1) is 19.3. The number of anilines is 1. The molecular formula is C18H16F3NO4. The maximum Gasteiger partial charge on any atom is 0.344 e. The first-order valence-corrected chi connectivity index (χ1v) is 7.61. The lowest BCUT2D eigenvalue weighted by Gasteiger charge is -2.14. The van der Waals surface area contributed by atoms with Crippen LogP contribution < -0.4 is 10.1 Å². The van der Waals surface area contributed by atoms with Crippen LogP contribution >= 0.6 is 0 Å². The van der Waals surface area contributed by atoms with Gasteiger partial charge >= 0.3 is 5.97 Å². The molecule has 0 saturated heterocycles. The van der Waals surface area contributed by atoms with Crippen LogP contribution in [0, 0.1) is 24.4 Å². The van der Waals surface area contributed by atoms with Gasteiger partial charge in [0.05, 0.1) is 5.69 Å². The molecule has 2 rings (SSSR count). The van der Waals surface area contributed by atoms with Gasteiger partial charge in [0.2, 0.25) is 0 Å². The molecule has 0 spiro atoms. The Kier molecular flexibility index (Phi) is 6.21. The van der Waals surface area contributed by atoms with Gasteiger partial charge in [-0.3, -0.25) is 4.79 Å². The molecule has 0 aliphatic heterocycles. The Morgan fingerprint density at radius 3 is 2.54 bits per heavy atom. The van der Waals surface area contributed by atoms with Crippen molar-refractivity contribution in [1.82, 2.24) is 0 Å². The van der Waals surface area contributed by atoms with E-state index in [4.69, 9.17) is 9.47 Å². The largest absolute Gasteiger partial charge is 0.482 e. The monoisotopic (exact) mass is 367 g/mol. The highest BCUT2D eigenvalue weighted by Gasteiger charge is 2.21. The number of nitrogens with one attached hydrogen (secondary N) is 1. The van der Waals surface area contributed by atoms with Gasteiger partial charge in [0.25, 0.3) is 5.91 Å². The van der Waals surface area contributed by atoms with Gasteiger partial charge in [-0.25, -0.2) is 18.0 Å². The first-order chi connectivity index (χ1) is 12.3. The average Bonchev–Trinajstić information content (AvgIpc) is 2.60. The highest BCUT2D eigenvalue weighted by Crippen LogP contribution is 2.20. The summed E-state index contributed by atoms with van der Waals surface area (Å²) in [5, 5.41) is 2.03. The number of esters is 1. The summed E-state index contributed by atoms with van der Waals surface area (Å²) in [6.45, 7) is 2.67. The fourth-order valence-electron chi connectivity index (χ4n) is 1.99. The molecular weight excluding hydrogens is 351 g/mol. The number of carbonyl (C=O) groups is 2. The molecule has 0 aliphatic carbocycles. The topological polar surface area (TPSA) is 64.6 Å². The first-order valence-electron chi connectivity index (χ1n) is 7.61. The van der Waals surface area contributed by atoms with E-state index in [2.05, 4.69) is 0 Å². The van der Waals surface area contributed by atoms with Crippen LogP contribution in [0.1, 0.15) is 12.5 Å². The highest BCUT2D eigenvalue weighted by atomic mass is 19.2. The molecule has 1 N–H and O–H groups in total. The highest BCUT2D eigenvalue weighted by molar-refractivity contribution is 5.95. The zero-order valence-corrected chi connectivity index (χ0v) is 14.0. The molecule has 0 fully saturated rings. The lowest BCUT2D eigenvalue weighted by Crippen LogP contribution is -2.32. The predicted molar refractivity (Wildman–Crippen MR) is 87.2 cm³/mol. The molecule has 1 atom stereocenters. The summed E-state index contributed by atoms with van der Waals surface area (Å²) < 4.78 is 49.6. The Hall–Kier alpha value is -3.03. The number of hydrogen-bond acceptors (Lipinski definition) is 4. The second kappa shape index (κ2) is 8.37. The minimum Gasteiger partial charge on any atom is -0.482 e. The quantitative estimate of drug-likeness (QED) is 0.628. The third-order valence-corrected chi connectivity index (χ3v) is 3.32. The zero-order valence-electron chi connectivity index (χ0n) is 14.0. The summed E-state index contributed by atoms with van der Waals surface area (Å²) in [4.78, 5) is 23.6. The molecule has 0 saturated carbocycles. The summed E-state index contributed by atoms with van der Waals surface area (Å²) in [5.74, 6) is -5.89. The van der Waals surface area contributed by atoms with Crippen molar-refractivity contribution in [3.8, 4) is 5.75 Å². The summed E-state index contributed by atoms with van der Waals surface area (Å²) in [6.07, 6.45) is -1.30. The summed E-state index contributed by atoms with van der Waals surface area (Å²) >= 11 is 0. The molecule has 0 aliphatic rings. The number of halogens is 3. The SMILES string of the molecule is Cc1cccc(OCC(=O)O[C@@H](C)C(=O)Nc2ccc(F)c(F)c2F)c1. The Morgan fingerprint density at radius 1 is 1.12 bits per heavy atom. The van der Waals surface area contributed by atoms with E-state index >= 15 is 0 Å². The lowest BCUT2D eigenvalue weighted by molar-refractivity contribution is -0.155. The van der Waals surface area contributed by atoms with Gasteiger partial charge in [-0.15, -0.1) is 0 Å². The van der Waals surface area contributed by atoms with Crippen LogP contribution in [0.5, 0.6) is 5.75 Å². The average molecular weight is 367 g/mol. The zero-order chi connectivity index (χ0) is 19.3. The summed E-state index contributed by atoms with van der Waals surface area (Å²) in [6, 6.07) is 8.51. The smallest absolute Gasteiger partial charge is 0.344 e. The molecule has 2 aromatic carbocycles. The van der Waals surface area contributed by atoms with Gasteiger partial charge in [-0.2, -0.15) is 0 Å². The van der Waals surface area contributed by atoms with Crippen LogP contribution in [-0.4, -0.2) is 24.6 Å². The van der Waals surface area contributed by atoms with Gasteiger partial charge in [0, 0.05) is 0 Å². The molecule has 2 aromatic rings. The molecule has 0 unspecified atom stereocenters. The molecule has 138 valence electrons. The molecule has 26 heavy (non-hydrogen) atoms. The number of hydrogen-bond donors (Lipinski definition) is 1. The standard InChI is InChI=1S/C18H16F3NO4/c1-10-4-3-5-12(8-10)25-9-15(23)26-11(2)18(24)22-14-7-6-13(19)16(20)17(14)21/h3-8,11H,9H2,1-2H3,(H,22,24)/t11-/m0/s1. The second-order valence-corrected chi connectivity index (χ2v) is 5.45. The van der Waals surface area contributed by atoms with Crippen molar-refractivity contribution in [2.24, 2.45) is 0 Å². The van der Waals surface area contributed by atoms with Crippen molar-refractivity contribution in [3.05, 3.63) is 59.4 Å². The van der Waals surface area contributed by atoms with Crippen LogP contribution in [0.25, 0.3) is 0 Å². The fraction of sp³-hybridized carbons (Fsp3) is 0.222. The Morgan fingerprint density at radius 2 is 1.85 bits per heavy atom. The van der Waals surface area contributed by atoms with Crippen molar-refractivity contribution in [3.63, 3.8) is 0 Å². The maximum absolute atomic E-state index is 13.5. The van der Waals surface area contributed by atoms with E-state index in [9.17, 15) is 22.8 Å². The van der Waals surface area contributed by atoms with Crippen molar-refractivity contribution in [2.75, 3.05) is 11.9 Å². The minimum absolute atomic E-state index is 0.430. The van der Waals surface area contributed by atoms with Gasteiger partial charge in [-0.05, 0) is 43.7 Å². The van der Waals surface area contributed by atoms with Crippen LogP contribution in [0.3, 0.4) is 0 Å². The molecule has 8 heteroatoms. The second-order valence-electron chi connectivity index (χ2n) is 5.45. The predicted octanol–water partition coefficient (Wildman–Crippen LogP) is 3.36. The number of carbonyl (C=O) groups excluding carboxylic acids is 2. The third-order valence-electron chi connectivity index (χ3n) is 3.32. The van der Waals surface area contributed by atoms with Crippen LogP contribution in [0.2, 0.25) is 0 Å². The fourth-order valence-corrected chi connectivity index (χ4v) is 1.99. The van der Waals surface area contributed by atoms with Crippen molar-refractivity contribution in [1.29, 1.82) is 0 Å². The number of amides is 1. The Bertz CT molecular complexity index is 826. The van der Waals surface area contributed by atoms with Crippen LogP contribution in [0.15, 0.2) is 36.4 Å². The maximum atomic E-state index is 13.5. The van der Waals surface area contributed by atoms with E-state index in [0.29, 0.717) is 11.8 Å². The lowest BCUT2D eigenvalue weighted by atomic mass is 10.2. The van der Waals surface area contributed by atoms with Crippen molar-refractivity contribution >= 4 is 17.6 Å².